The van der Waals surface area contributed by atoms with E-state index in [1.807, 2.05) is 6.07 Å². The molecule has 5 nitrogen and oxygen atoms in total. The van der Waals surface area contributed by atoms with Gasteiger partial charge in [0, 0.05) is 18.8 Å². The second-order valence-electron chi connectivity index (χ2n) is 5.04. The first-order valence-corrected chi connectivity index (χ1v) is 7.59. The van der Waals surface area contributed by atoms with Crippen molar-refractivity contribution in [2.45, 2.75) is 26.3 Å². The van der Waals surface area contributed by atoms with Crippen molar-refractivity contribution in [3.63, 3.8) is 0 Å². The van der Waals surface area contributed by atoms with Crippen LogP contribution in [0.15, 0.2) is 47.6 Å². The minimum absolute atomic E-state index is 0. The molecule has 0 aliphatic heterocycles. The molecule has 0 saturated carbocycles. The average Bonchev–Trinajstić information content (AvgIpc) is 2.57. The van der Waals surface area contributed by atoms with E-state index >= 15 is 0 Å². The number of ether oxygens (including phenoxy) is 1. The summed E-state index contributed by atoms with van der Waals surface area (Å²) in [7, 11) is 0. The molecule has 0 atom stereocenters. The molecule has 0 spiro atoms. The summed E-state index contributed by atoms with van der Waals surface area (Å²) in [5.41, 5.74) is 6.70. The molecule has 0 radical (unpaired) electrons. The Morgan fingerprint density at radius 3 is 2.62 bits per heavy atom. The van der Waals surface area contributed by atoms with Crippen molar-refractivity contribution in [1.82, 2.24) is 10.3 Å². The minimum atomic E-state index is -0.302. The lowest BCUT2D eigenvalue weighted by Crippen LogP contribution is -2.32. The van der Waals surface area contributed by atoms with Gasteiger partial charge in [-0.1, -0.05) is 19.4 Å². The van der Waals surface area contributed by atoms with Crippen LogP contribution in [0.25, 0.3) is 0 Å². The summed E-state index contributed by atoms with van der Waals surface area (Å²) in [6.45, 7) is 3.40. The Labute approximate surface area is 158 Å². The van der Waals surface area contributed by atoms with Gasteiger partial charge in [-0.2, -0.15) is 0 Å². The summed E-state index contributed by atoms with van der Waals surface area (Å²) in [4.78, 5) is 8.45. The maximum atomic E-state index is 12.8. The van der Waals surface area contributed by atoms with E-state index in [9.17, 15) is 4.39 Å². The van der Waals surface area contributed by atoms with Gasteiger partial charge in [0.2, 0.25) is 5.88 Å². The van der Waals surface area contributed by atoms with Gasteiger partial charge in [0.25, 0.3) is 0 Å². The normalized spacial score (nSPS) is 10.8. The van der Waals surface area contributed by atoms with Crippen LogP contribution >= 0.6 is 24.0 Å². The van der Waals surface area contributed by atoms with E-state index in [1.54, 1.807) is 24.4 Å². The predicted molar refractivity (Wildman–Crippen MR) is 104 cm³/mol. The Morgan fingerprint density at radius 2 is 2.00 bits per heavy atom. The largest absolute Gasteiger partial charge is 0.439 e. The zero-order valence-electron chi connectivity index (χ0n) is 13.5. The molecule has 24 heavy (non-hydrogen) atoms. The van der Waals surface area contributed by atoms with Crippen LogP contribution in [-0.2, 0) is 6.54 Å². The number of nitrogens with one attached hydrogen (secondary N) is 1. The first kappa shape index (κ1) is 20.1. The first-order chi connectivity index (χ1) is 11.2. The summed E-state index contributed by atoms with van der Waals surface area (Å²) in [6, 6.07) is 9.40. The molecule has 2 rings (SSSR count). The van der Waals surface area contributed by atoms with Crippen molar-refractivity contribution >= 4 is 29.9 Å². The van der Waals surface area contributed by atoms with Crippen LogP contribution in [0.3, 0.4) is 0 Å². The minimum Gasteiger partial charge on any atom is -0.439 e. The van der Waals surface area contributed by atoms with Crippen molar-refractivity contribution in [2.75, 3.05) is 6.54 Å². The molecule has 0 aliphatic rings. The van der Waals surface area contributed by atoms with E-state index in [-0.39, 0.29) is 29.8 Å². The van der Waals surface area contributed by atoms with Crippen LogP contribution in [0.4, 0.5) is 4.39 Å². The Kier molecular flexibility index (Phi) is 9.06. The Bertz CT molecular complexity index is 632. The van der Waals surface area contributed by atoms with Crippen LogP contribution in [0.5, 0.6) is 11.6 Å². The molecule has 0 fully saturated rings. The summed E-state index contributed by atoms with van der Waals surface area (Å²) in [5.74, 6) is 1.11. The summed E-state index contributed by atoms with van der Waals surface area (Å²) >= 11 is 0. The van der Waals surface area contributed by atoms with Gasteiger partial charge in [-0.3, -0.25) is 0 Å². The molecule has 0 saturated heterocycles. The Balaban J connectivity index is 0.00000288. The maximum absolute atomic E-state index is 12.8. The fourth-order valence-electron chi connectivity index (χ4n) is 1.81. The number of unbranched alkanes of at least 4 members (excludes halogenated alkanes) is 1. The first-order valence-electron chi connectivity index (χ1n) is 7.59. The van der Waals surface area contributed by atoms with Gasteiger partial charge in [0.05, 0.1) is 6.54 Å². The van der Waals surface area contributed by atoms with Crippen LogP contribution in [0, 0.1) is 5.82 Å². The lowest BCUT2D eigenvalue weighted by atomic mass is 10.3. The highest BCUT2D eigenvalue weighted by molar-refractivity contribution is 14.0. The van der Waals surface area contributed by atoms with Gasteiger partial charge in [-0.25, -0.2) is 14.4 Å². The van der Waals surface area contributed by atoms with Crippen molar-refractivity contribution in [3.8, 4) is 11.6 Å². The molecule has 1 aromatic carbocycles. The fourth-order valence-corrected chi connectivity index (χ4v) is 1.81. The highest BCUT2D eigenvalue weighted by atomic mass is 127. The topological polar surface area (TPSA) is 72.5 Å². The quantitative estimate of drug-likeness (QED) is 0.295. The zero-order valence-corrected chi connectivity index (χ0v) is 15.9. The van der Waals surface area contributed by atoms with Crippen LogP contribution in [-0.4, -0.2) is 17.5 Å². The van der Waals surface area contributed by atoms with Gasteiger partial charge in [0.1, 0.15) is 11.6 Å². The molecule has 2 aromatic rings. The zero-order chi connectivity index (χ0) is 16.5. The molecule has 1 aromatic heterocycles. The van der Waals surface area contributed by atoms with Gasteiger partial charge >= 0.3 is 0 Å². The van der Waals surface area contributed by atoms with Crippen molar-refractivity contribution in [3.05, 3.63) is 54.0 Å². The second-order valence-corrected chi connectivity index (χ2v) is 5.04. The van der Waals surface area contributed by atoms with Gasteiger partial charge < -0.3 is 15.8 Å². The molecular formula is C17H22FIN4O. The molecule has 130 valence electrons. The van der Waals surface area contributed by atoms with Gasteiger partial charge in [0.15, 0.2) is 5.96 Å². The molecule has 1 heterocycles. The summed E-state index contributed by atoms with van der Waals surface area (Å²) < 4.78 is 18.4. The highest BCUT2D eigenvalue weighted by Crippen LogP contribution is 2.19. The van der Waals surface area contributed by atoms with E-state index in [2.05, 4.69) is 22.2 Å². The van der Waals surface area contributed by atoms with Crippen LogP contribution < -0.4 is 15.8 Å². The average molecular weight is 444 g/mol. The maximum Gasteiger partial charge on any atom is 0.219 e. The molecule has 0 aliphatic carbocycles. The number of nitrogens with zero attached hydrogens (tertiary/aromatic N) is 2. The van der Waals surface area contributed by atoms with E-state index < -0.39 is 0 Å². The van der Waals surface area contributed by atoms with Crippen molar-refractivity contribution < 1.29 is 9.13 Å². The van der Waals surface area contributed by atoms with E-state index in [1.165, 1.54) is 12.1 Å². The van der Waals surface area contributed by atoms with E-state index in [0.717, 1.165) is 24.9 Å². The molecule has 0 unspecified atom stereocenters. The molecule has 0 amide bonds. The van der Waals surface area contributed by atoms with Crippen LogP contribution in [0.1, 0.15) is 25.3 Å². The third kappa shape index (κ3) is 7.12. The van der Waals surface area contributed by atoms with E-state index in [4.69, 9.17) is 10.5 Å². The number of nitrogens with two attached hydrogens (primary N) is 1. The predicted octanol–water partition coefficient (Wildman–Crippen LogP) is 3.84. The highest BCUT2D eigenvalue weighted by Gasteiger charge is 2.00. The molecule has 0 bridgehead atoms. The lowest BCUT2D eigenvalue weighted by molar-refractivity contribution is 0.461. The summed E-state index contributed by atoms with van der Waals surface area (Å²) in [5, 5.41) is 3.05. The number of hydrogen-bond acceptors (Lipinski definition) is 3. The molecule has 7 heteroatoms. The third-order valence-electron chi connectivity index (χ3n) is 3.10. The fraction of sp³-hybridized carbons (Fsp3) is 0.294. The molecule has 3 N–H and O–H groups in total. The smallest absolute Gasteiger partial charge is 0.219 e. The second kappa shape index (κ2) is 10.8. The third-order valence-corrected chi connectivity index (χ3v) is 3.10. The van der Waals surface area contributed by atoms with Crippen LogP contribution in [0.2, 0.25) is 0 Å². The van der Waals surface area contributed by atoms with Crippen molar-refractivity contribution in [1.29, 1.82) is 0 Å². The number of aliphatic imine (C=N–C) groups is 1. The van der Waals surface area contributed by atoms with Gasteiger partial charge in [-0.05, 0) is 36.2 Å². The number of hydrogen-bond donors (Lipinski definition) is 2. The molecular weight excluding hydrogens is 422 g/mol. The number of rotatable bonds is 7. The number of aromatic nitrogens is 1. The number of benzene rings is 1. The number of pyridine rings is 1. The summed E-state index contributed by atoms with van der Waals surface area (Å²) in [6.07, 6.45) is 3.86. The Morgan fingerprint density at radius 1 is 1.25 bits per heavy atom. The lowest BCUT2D eigenvalue weighted by Gasteiger charge is -2.06. The van der Waals surface area contributed by atoms with Gasteiger partial charge in [-0.15, -0.1) is 24.0 Å². The standard InChI is InChI=1S/C17H21FN4O.HI/c1-2-3-10-20-17(19)22-12-13-4-9-16(21-11-13)23-15-7-5-14(18)6-8-15;/h4-9,11H,2-3,10,12H2,1H3,(H3,19,20,22);1H. The number of halogens is 2. The Hall–Kier alpha value is -1.90. The monoisotopic (exact) mass is 444 g/mol. The SMILES string of the molecule is CCCCNC(N)=NCc1ccc(Oc2ccc(F)cc2)nc1.I. The van der Waals surface area contributed by atoms with E-state index in [0.29, 0.717) is 24.1 Å². The van der Waals surface area contributed by atoms with Crippen molar-refractivity contribution in [2.24, 2.45) is 10.7 Å². The number of guanidine groups is 1.